The van der Waals surface area contributed by atoms with Gasteiger partial charge in [-0.1, -0.05) is 49.5 Å². The lowest BCUT2D eigenvalue weighted by Gasteiger charge is -2.38. The van der Waals surface area contributed by atoms with Crippen LogP contribution in [0, 0.1) is 0 Å². The van der Waals surface area contributed by atoms with Gasteiger partial charge >= 0.3 is 0 Å². The molecular weight excluding hydrogens is 714 g/mol. The maximum Gasteiger partial charge on any atom is 0.191 e. The summed E-state index contributed by atoms with van der Waals surface area (Å²) in [5, 5.41) is 25.8. The van der Waals surface area contributed by atoms with Crippen molar-refractivity contribution < 1.29 is 38.8 Å². The molecule has 2 aromatic carbocycles. The van der Waals surface area contributed by atoms with Gasteiger partial charge in [-0.2, -0.15) is 0 Å². The van der Waals surface area contributed by atoms with Crippen molar-refractivity contribution in [3.8, 4) is 23.0 Å². The number of oxime groups is 2. The third-order valence-corrected chi connectivity index (χ3v) is 12.8. The van der Waals surface area contributed by atoms with Gasteiger partial charge in [0.1, 0.15) is 17.8 Å². The van der Waals surface area contributed by atoms with Gasteiger partial charge in [-0.05, 0) is 71.9 Å². The summed E-state index contributed by atoms with van der Waals surface area (Å²) < 4.78 is 38.9. The summed E-state index contributed by atoms with van der Waals surface area (Å²) in [6.07, 6.45) is 2.75. The fourth-order valence-corrected chi connectivity index (χ4v) is 10.3. The highest BCUT2D eigenvalue weighted by atomic mass is 16.6. The van der Waals surface area contributed by atoms with Crippen molar-refractivity contribution in [3.05, 3.63) is 79.6 Å². The molecule has 13 nitrogen and oxygen atoms in total. The Morgan fingerprint density at radius 1 is 0.786 bits per heavy atom. The summed E-state index contributed by atoms with van der Waals surface area (Å²) in [5.41, 5.74) is 18.9. The van der Waals surface area contributed by atoms with Crippen molar-refractivity contribution >= 4 is 12.1 Å². The number of morpholine rings is 2. The van der Waals surface area contributed by atoms with Gasteiger partial charge in [0.25, 0.3) is 0 Å². The van der Waals surface area contributed by atoms with Crippen molar-refractivity contribution in [2.24, 2.45) is 16.0 Å². The van der Waals surface area contributed by atoms with Gasteiger partial charge in [0.15, 0.2) is 40.4 Å². The Labute approximate surface area is 327 Å². The van der Waals surface area contributed by atoms with Crippen molar-refractivity contribution in [1.82, 2.24) is 9.80 Å². The predicted octanol–water partition coefficient (Wildman–Crippen LogP) is 5.36. The summed E-state index contributed by atoms with van der Waals surface area (Å²) in [7, 11) is 0. The van der Waals surface area contributed by atoms with E-state index >= 15 is 0 Å². The number of nitrogens with two attached hydrogens (primary N) is 1. The number of ether oxygens (including phenoxy) is 6. The lowest BCUT2D eigenvalue weighted by Crippen LogP contribution is -2.39. The first kappa shape index (κ1) is 36.9. The van der Waals surface area contributed by atoms with Crippen molar-refractivity contribution in [2.75, 3.05) is 52.6 Å². The molecule has 2 fully saturated rings. The van der Waals surface area contributed by atoms with E-state index in [1.54, 1.807) is 0 Å². The smallest absolute Gasteiger partial charge is 0.191 e. The zero-order chi connectivity index (χ0) is 39.1. The summed E-state index contributed by atoms with van der Waals surface area (Å²) in [5.74, 6) is 3.01. The number of rotatable bonds is 6. The molecule has 0 saturated carbocycles. The quantitative estimate of drug-likeness (QED) is 0.115. The zero-order valence-electron chi connectivity index (χ0n) is 33.1. The second kappa shape index (κ2) is 13.4. The first-order chi connectivity index (χ1) is 26.8. The normalized spacial score (nSPS) is 27.6. The van der Waals surface area contributed by atoms with Crippen LogP contribution in [0.3, 0.4) is 0 Å². The summed E-state index contributed by atoms with van der Waals surface area (Å²) in [4.78, 5) is 4.90. The second-order valence-electron chi connectivity index (χ2n) is 17.5. The number of hydrogen-bond donors (Lipinski definition) is 3. The van der Waals surface area contributed by atoms with Crippen LogP contribution in [0.1, 0.15) is 87.8 Å². The fraction of sp³-hybridized carbons (Fsp3) is 0.535. The lowest BCUT2D eigenvalue weighted by molar-refractivity contribution is 0.0277. The molecule has 0 aromatic heterocycles. The van der Waals surface area contributed by atoms with Gasteiger partial charge in [-0.25, -0.2) is 0 Å². The molecule has 56 heavy (non-hydrogen) atoms. The first-order valence-electron chi connectivity index (χ1n) is 19.7. The molecule has 2 saturated heterocycles. The molecule has 1 spiro atoms. The van der Waals surface area contributed by atoms with Gasteiger partial charge in [0.05, 0.1) is 38.2 Å². The van der Waals surface area contributed by atoms with Crippen LogP contribution in [0.25, 0.3) is 0 Å². The van der Waals surface area contributed by atoms with Crippen LogP contribution in [-0.2, 0) is 38.8 Å². The summed E-state index contributed by atoms with van der Waals surface area (Å²) in [6, 6.07) is 4.41. The summed E-state index contributed by atoms with van der Waals surface area (Å²) in [6.45, 7) is 20.7. The minimum absolute atomic E-state index is 0.0816. The van der Waals surface area contributed by atoms with Crippen LogP contribution in [0.2, 0.25) is 0 Å². The number of fused-ring (bicyclic) bond motifs is 6. The number of amidine groups is 1. The van der Waals surface area contributed by atoms with E-state index in [2.05, 4.69) is 85.2 Å². The van der Waals surface area contributed by atoms with E-state index in [4.69, 9.17) is 34.2 Å². The lowest BCUT2D eigenvalue weighted by atomic mass is 9.70. The molecule has 3 aliphatic carbocycles. The maximum atomic E-state index is 9.77. The minimum atomic E-state index is -0.427. The predicted molar refractivity (Wildman–Crippen MR) is 207 cm³/mol. The average Bonchev–Trinajstić information content (AvgIpc) is 3.54. The van der Waals surface area contributed by atoms with Crippen LogP contribution < -0.4 is 24.7 Å². The Balaban J connectivity index is 1.31. The van der Waals surface area contributed by atoms with Gasteiger partial charge in [0.2, 0.25) is 0 Å². The zero-order valence-corrected chi connectivity index (χ0v) is 33.1. The molecule has 7 aliphatic rings. The number of allylic oxidation sites excluding steroid dienone is 1. The van der Waals surface area contributed by atoms with Crippen LogP contribution in [0.15, 0.2) is 56.6 Å². The fourth-order valence-electron chi connectivity index (χ4n) is 10.3. The standard InChI is InChI=1S/C43H51N5O8/c1-24-25(2)54-37-28(20-47-9-13-51-14-10-47)34-30(17-32(37)53-24)41(3,4)22-43(34)23-42(5,6)31-18-33-38(29(35(31)43)21-48-11-15-52-16-12-48)56-39-27(40(44)46-50)8-7-26(19-45-49)36(39)55-33/h17-19,24-25,49-50H,9-16,20-23H2,1-6H3,(H2,44,46)/b45-19+. The van der Waals surface area contributed by atoms with Crippen LogP contribution in [-0.4, -0.2) is 97.1 Å². The molecule has 4 N–H and O–H groups in total. The topological polar surface area (TPSA) is 153 Å². The molecule has 0 radical (unpaired) electrons. The molecule has 2 aromatic rings. The molecule has 4 aliphatic heterocycles. The monoisotopic (exact) mass is 765 g/mol. The Morgan fingerprint density at radius 3 is 1.91 bits per heavy atom. The van der Waals surface area contributed by atoms with E-state index in [-0.39, 0.29) is 46.0 Å². The highest BCUT2D eigenvalue weighted by Gasteiger charge is 2.60. The highest BCUT2D eigenvalue weighted by Crippen LogP contribution is 2.68. The molecule has 3 unspecified atom stereocenters. The Hall–Kier alpha value is -4.74. The van der Waals surface area contributed by atoms with E-state index < -0.39 is 5.41 Å². The van der Waals surface area contributed by atoms with Crippen LogP contribution in [0.5, 0.6) is 23.0 Å². The molecule has 3 atom stereocenters. The van der Waals surface area contributed by atoms with E-state index in [0.29, 0.717) is 56.6 Å². The van der Waals surface area contributed by atoms with E-state index in [9.17, 15) is 10.4 Å². The van der Waals surface area contributed by atoms with E-state index in [1.807, 2.05) is 0 Å². The summed E-state index contributed by atoms with van der Waals surface area (Å²) >= 11 is 0. The number of benzene rings is 2. The third kappa shape index (κ3) is 5.75. The molecule has 4 heterocycles. The first-order valence-corrected chi connectivity index (χ1v) is 19.7. The maximum absolute atomic E-state index is 9.77. The Bertz CT molecular complexity index is 2200. The molecule has 9 rings (SSSR count). The van der Waals surface area contributed by atoms with Gasteiger partial charge in [-0.3, -0.25) is 9.80 Å². The Kier molecular flexibility index (Phi) is 8.85. The number of hydrogen-bond acceptors (Lipinski definition) is 12. The Morgan fingerprint density at radius 2 is 1.34 bits per heavy atom. The van der Waals surface area contributed by atoms with Crippen LogP contribution >= 0.6 is 0 Å². The average molecular weight is 766 g/mol. The third-order valence-electron chi connectivity index (χ3n) is 12.8. The van der Waals surface area contributed by atoms with Gasteiger partial charge < -0.3 is 44.6 Å². The SMILES string of the molecule is CC1Oc2cc3c(c(CN4CCOCC4)c2OC1C)C1(CC(C)(C)c2cc4c(c(CN5CCOCC5)c21)OC1=C(O4)C(/C=N/O)=C=C=C1/C(N)=N/O)CC3(C)C. The minimum Gasteiger partial charge on any atom is -0.483 e. The molecule has 13 heteroatoms. The molecule has 296 valence electrons. The molecule has 0 bridgehead atoms. The van der Waals surface area contributed by atoms with Gasteiger partial charge in [-0.15, -0.1) is 0 Å². The largest absolute Gasteiger partial charge is 0.483 e. The number of nitrogens with zero attached hydrogens (tertiary/aromatic N) is 4. The van der Waals surface area contributed by atoms with Crippen LogP contribution in [0.4, 0.5) is 0 Å². The molecule has 0 amide bonds. The van der Waals surface area contributed by atoms with Crippen molar-refractivity contribution in [3.63, 3.8) is 0 Å². The van der Waals surface area contributed by atoms with Crippen molar-refractivity contribution in [2.45, 2.75) is 95.9 Å². The molecular formula is C43H51N5O8. The highest BCUT2D eigenvalue weighted by molar-refractivity contribution is 6.02. The van der Waals surface area contributed by atoms with E-state index in [1.165, 1.54) is 34.0 Å². The second-order valence-corrected chi connectivity index (χ2v) is 17.5. The van der Waals surface area contributed by atoms with Crippen molar-refractivity contribution in [1.29, 1.82) is 0 Å². The van der Waals surface area contributed by atoms with E-state index in [0.717, 1.165) is 56.1 Å². The van der Waals surface area contributed by atoms with Gasteiger partial charge in [0, 0.05) is 55.8 Å².